The number of rotatable bonds is 10. The van der Waals surface area contributed by atoms with Crippen molar-refractivity contribution in [2.75, 3.05) is 25.7 Å². The lowest BCUT2D eigenvalue weighted by Crippen LogP contribution is -2.51. The summed E-state index contributed by atoms with van der Waals surface area (Å²) in [6.45, 7) is 7.30. The number of likely N-dealkylation sites (N-methyl/N-ethyl adjacent to an activating group) is 1. The normalized spacial score (nSPS) is 21.8. The van der Waals surface area contributed by atoms with E-state index in [0.29, 0.717) is 29.7 Å². The second-order valence-electron chi connectivity index (χ2n) is 14.9. The smallest absolute Gasteiger partial charge is 0.279 e. The molecule has 11 nitrogen and oxygen atoms in total. The number of amides is 1. The Morgan fingerprint density at radius 1 is 1.00 bits per heavy atom. The van der Waals surface area contributed by atoms with Gasteiger partial charge in [0.25, 0.3) is 11.5 Å². The molecule has 8 rings (SSSR count). The number of carbonyl (C=O) groups excluding carboxylic acids is 1. The number of methoxy groups -OCH3 is 1. The minimum Gasteiger partial charge on any atom is -0.497 e. The Labute approximate surface area is 308 Å². The molecule has 53 heavy (non-hydrogen) atoms. The zero-order chi connectivity index (χ0) is 37.1. The summed E-state index contributed by atoms with van der Waals surface area (Å²) in [6, 6.07) is 31.3. The standard InChI is InChI=1S/C41H44N6O5Si/c1-26-38(53(4,5)30-18-16-29(51-3)17-19-30)37(21-22-46-24-35(42-44-46)32(25-48)27-11-7-6-8-12-27)52-41(26)33-23-28(15-20-36(33)45(2)40(41)50)47-39(49)31-13-9-10-14-34(31)43-47/h6-20,23-24,26,32,37-38,43,48H,21-22,25H2,1-5H3/t26-,32?,37+,38-,41+/m0/s1. The minimum atomic E-state index is -2.38. The van der Waals surface area contributed by atoms with Gasteiger partial charge in [-0.05, 0) is 60.0 Å². The first-order chi connectivity index (χ1) is 25.6. The van der Waals surface area contributed by atoms with Crippen LogP contribution in [0, 0.1) is 5.92 Å². The number of anilines is 1. The van der Waals surface area contributed by atoms with E-state index in [0.717, 1.165) is 28.1 Å². The number of aliphatic hydroxyl groups is 1. The lowest BCUT2D eigenvalue weighted by atomic mass is 9.82. The number of aromatic nitrogens is 5. The van der Waals surface area contributed by atoms with Gasteiger partial charge in [-0.25, -0.2) is 4.68 Å². The van der Waals surface area contributed by atoms with Gasteiger partial charge in [0.15, 0.2) is 5.60 Å². The third kappa shape index (κ3) is 5.55. The van der Waals surface area contributed by atoms with Gasteiger partial charge in [0.2, 0.25) is 0 Å². The van der Waals surface area contributed by atoms with Crippen molar-refractivity contribution in [3.05, 3.63) is 130 Å². The van der Waals surface area contributed by atoms with Crippen LogP contribution in [0.3, 0.4) is 0 Å². The molecule has 4 aromatic carbocycles. The number of ether oxygens (including phenoxy) is 2. The van der Waals surface area contributed by atoms with Crippen LogP contribution in [-0.4, -0.2) is 70.7 Å². The van der Waals surface area contributed by atoms with Gasteiger partial charge in [-0.2, -0.15) is 0 Å². The number of hydrogen-bond donors (Lipinski definition) is 2. The first kappa shape index (κ1) is 34.8. The third-order valence-electron chi connectivity index (χ3n) is 11.7. The summed E-state index contributed by atoms with van der Waals surface area (Å²) in [5.41, 5.74) is 3.20. The summed E-state index contributed by atoms with van der Waals surface area (Å²) in [5, 5.41) is 24.3. The quantitative estimate of drug-likeness (QED) is 0.183. The van der Waals surface area contributed by atoms with Gasteiger partial charge in [-0.3, -0.25) is 19.4 Å². The Morgan fingerprint density at radius 2 is 1.74 bits per heavy atom. The van der Waals surface area contributed by atoms with Crippen LogP contribution in [0.1, 0.15) is 36.1 Å². The molecule has 1 saturated heterocycles. The second kappa shape index (κ2) is 13.3. The second-order valence-corrected chi connectivity index (χ2v) is 19.5. The van der Waals surface area contributed by atoms with Crippen LogP contribution < -0.4 is 20.4 Å². The fraction of sp³-hybridized carbons (Fsp3) is 0.317. The number of benzene rings is 4. The maximum atomic E-state index is 14.7. The molecule has 2 aliphatic heterocycles. The summed E-state index contributed by atoms with van der Waals surface area (Å²) in [6.07, 6.45) is 2.19. The number of nitrogens with zero attached hydrogens (tertiary/aromatic N) is 5. The monoisotopic (exact) mass is 728 g/mol. The van der Waals surface area contributed by atoms with Crippen molar-refractivity contribution in [3.8, 4) is 11.4 Å². The van der Waals surface area contributed by atoms with E-state index in [-0.39, 0.29) is 41.6 Å². The molecule has 0 saturated carbocycles. The van der Waals surface area contributed by atoms with Gasteiger partial charge in [0.1, 0.15) is 5.75 Å². The van der Waals surface area contributed by atoms with Crippen LogP contribution in [-0.2, 0) is 21.7 Å². The molecule has 2 aromatic heterocycles. The van der Waals surface area contributed by atoms with Gasteiger partial charge in [0.05, 0.1) is 61.8 Å². The molecule has 1 spiro atoms. The van der Waals surface area contributed by atoms with E-state index < -0.39 is 13.7 Å². The number of aliphatic hydroxyl groups excluding tert-OH is 1. The van der Waals surface area contributed by atoms with Gasteiger partial charge in [-0.15, -0.1) is 5.10 Å². The number of H-pyrrole nitrogens is 1. The van der Waals surface area contributed by atoms with Gasteiger partial charge in [-0.1, -0.05) is 85.0 Å². The zero-order valence-electron chi connectivity index (χ0n) is 30.6. The van der Waals surface area contributed by atoms with Crippen molar-refractivity contribution in [3.63, 3.8) is 0 Å². The summed E-state index contributed by atoms with van der Waals surface area (Å²) < 4.78 is 16.1. The number of nitrogens with one attached hydrogen (secondary N) is 1. The molecule has 1 fully saturated rings. The average molecular weight is 729 g/mol. The van der Waals surface area contributed by atoms with Crippen LogP contribution in [0.2, 0.25) is 18.6 Å². The molecule has 272 valence electrons. The number of para-hydroxylation sites is 1. The van der Waals surface area contributed by atoms with Gasteiger partial charge < -0.3 is 19.5 Å². The summed E-state index contributed by atoms with van der Waals surface area (Å²) in [5.74, 6) is 0.199. The molecule has 12 heteroatoms. The lowest BCUT2D eigenvalue weighted by Gasteiger charge is -2.37. The molecule has 6 aromatic rings. The molecule has 2 N–H and O–H groups in total. The van der Waals surface area contributed by atoms with E-state index in [4.69, 9.17) is 9.47 Å². The predicted octanol–water partition coefficient (Wildman–Crippen LogP) is 5.33. The van der Waals surface area contributed by atoms with Crippen LogP contribution in [0.5, 0.6) is 5.75 Å². The highest BCUT2D eigenvalue weighted by molar-refractivity contribution is 6.91. The van der Waals surface area contributed by atoms with Crippen molar-refractivity contribution in [1.29, 1.82) is 0 Å². The van der Waals surface area contributed by atoms with Crippen LogP contribution >= 0.6 is 0 Å². The molecule has 0 radical (unpaired) electrons. The Bertz CT molecular complexity index is 2350. The van der Waals surface area contributed by atoms with E-state index in [1.165, 1.54) is 5.19 Å². The molecule has 1 unspecified atom stereocenters. The molecule has 1 amide bonds. The highest BCUT2D eigenvalue weighted by Crippen LogP contribution is 2.60. The van der Waals surface area contributed by atoms with Crippen LogP contribution in [0.4, 0.5) is 5.69 Å². The number of carbonyl (C=O) groups is 1. The Balaban J connectivity index is 1.18. The number of aryl methyl sites for hydroxylation is 1. The van der Waals surface area contributed by atoms with E-state index in [2.05, 4.69) is 47.6 Å². The van der Waals surface area contributed by atoms with E-state index in [1.54, 1.807) is 23.7 Å². The number of hydrogen-bond acceptors (Lipinski definition) is 7. The molecular weight excluding hydrogens is 685 g/mol. The molecule has 4 heterocycles. The highest BCUT2D eigenvalue weighted by atomic mass is 28.3. The van der Waals surface area contributed by atoms with Gasteiger partial charge in [0, 0.05) is 31.3 Å². The third-order valence-corrected chi connectivity index (χ3v) is 16.1. The first-order valence-corrected chi connectivity index (χ1v) is 21.2. The maximum Gasteiger partial charge on any atom is 0.279 e. The van der Waals surface area contributed by atoms with E-state index >= 15 is 0 Å². The van der Waals surface area contributed by atoms with Crippen molar-refractivity contribution in [1.82, 2.24) is 24.8 Å². The first-order valence-electron chi connectivity index (χ1n) is 18.1. The fourth-order valence-electron chi connectivity index (χ4n) is 8.95. The molecular formula is C41H44N6O5Si. The molecule has 0 aliphatic carbocycles. The molecule has 2 aliphatic rings. The Morgan fingerprint density at radius 3 is 2.45 bits per heavy atom. The topological polar surface area (TPSA) is 127 Å². The summed E-state index contributed by atoms with van der Waals surface area (Å²) in [7, 11) is 1.09. The maximum absolute atomic E-state index is 14.7. The average Bonchev–Trinajstić information content (AvgIpc) is 3.92. The minimum absolute atomic E-state index is 0.0242. The van der Waals surface area contributed by atoms with Gasteiger partial charge >= 0.3 is 0 Å². The largest absolute Gasteiger partial charge is 0.497 e. The van der Waals surface area contributed by atoms with Crippen molar-refractivity contribution in [2.24, 2.45) is 5.92 Å². The van der Waals surface area contributed by atoms with Crippen LogP contribution in [0.15, 0.2) is 108 Å². The van der Waals surface area contributed by atoms with Crippen molar-refractivity contribution in [2.45, 2.75) is 56.1 Å². The number of aromatic amines is 1. The fourth-order valence-corrected chi connectivity index (χ4v) is 13.0. The molecule has 5 atom stereocenters. The highest BCUT2D eigenvalue weighted by Gasteiger charge is 2.65. The summed E-state index contributed by atoms with van der Waals surface area (Å²) in [4.78, 5) is 29.9. The van der Waals surface area contributed by atoms with E-state index in [1.807, 2.05) is 95.8 Å². The van der Waals surface area contributed by atoms with E-state index in [9.17, 15) is 14.7 Å². The van der Waals surface area contributed by atoms with Crippen molar-refractivity contribution >= 4 is 35.8 Å². The Hall–Kier alpha value is -5.30. The number of fused-ring (bicyclic) bond motifs is 3. The zero-order valence-corrected chi connectivity index (χ0v) is 31.6. The predicted molar refractivity (Wildman–Crippen MR) is 207 cm³/mol. The molecule has 0 bridgehead atoms. The summed E-state index contributed by atoms with van der Waals surface area (Å²) >= 11 is 0. The van der Waals surface area contributed by atoms with Crippen LogP contribution in [0.25, 0.3) is 16.6 Å². The SMILES string of the molecule is COc1ccc([Si](C)(C)[C@@H]2[C@@H](CCn3cc(C(CO)c4ccccc4)nn3)O[C@]3(C(=O)N(C)c4ccc(-n5[nH]c6ccccc6c5=O)cc43)[C@H]2C)cc1. The Kier molecular flexibility index (Phi) is 8.71. The van der Waals surface area contributed by atoms with Crippen molar-refractivity contribution < 1.29 is 19.4 Å². The lowest BCUT2D eigenvalue weighted by molar-refractivity contribution is -0.145.